The topological polar surface area (TPSA) is 18.5 Å². The summed E-state index contributed by atoms with van der Waals surface area (Å²) in [6.45, 7) is 4.56. The summed E-state index contributed by atoms with van der Waals surface area (Å²) in [4.78, 5) is 0. The van der Waals surface area contributed by atoms with Crippen molar-refractivity contribution in [3.8, 4) is 11.5 Å². The first-order chi connectivity index (χ1) is 16.3. The van der Waals surface area contributed by atoms with Gasteiger partial charge in [0.2, 0.25) is 0 Å². The van der Waals surface area contributed by atoms with Crippen LogP contribution in [0, 0.1) is 0 Å². The molecule has 0 bridgehead atoms. The number of aryl methyl sites for hydroxylation is 2. The van der Waals surface area contributed by atoms with E-state index < -0.39 is 25.1 Å². The number of hydrogen-bond donors (Lipinski definition) is 0. The third-order valence-electron chi connectivity index (χ3n) is 6.35. The van der Waals surface area contributed by atoms with Gasteiger partial charge in [-0.25, -0.2) is 0 Å². The first-order valence-electron chi connectivity index (χ1n) is 13.6. The van der Waals surface area contributed by atoms with Crippen molar-refractivity contribution in [2.45, 2.75) is 117 Å². The summed E-state index contributed by atoms with van der Waals surface area (Å²) in [5.41, 5.74) is 2.69. The number of para-hydroxylation sites is 2. The monoisotopic (exact) mass is 646 g/mol. The zero-order valence-corrected chi connectivity index (χ0v) is 25.1. The Morgan fingerprint density at radius 1 is 0.485 bits per heavy atom. The van der Waals surface area contributed by atoms with Crippen LogP contribution >= 0.6 is 0 Å². The van der Waals surface area contributed by atoms with Crippen LogP contribution in [0.3, 0.4) is 0 Å². The third kappa shape index (κ3) is 12.8. The quantitative estimate of drug-likeness (QED) is 0.106. The number of benzene rings is 2. The van der Waals surface area contributed by atoms with Crippen molar-refractivity contribution in [3.05, 3.63) is 59.7 Å². The summed E-state index contributed by atoms with van der Waals surface area (Å²) in [5, 5.41) is 0. The summed E-state index contributed by atoms with van der Waals surface area (Å²) in [5.74, 6) is 2.10. The molecule has 0 aliphatic heterocycles. The molecule has 2 radical (unpaired) electrons. The second kappa shape index (κ2) is 19.3. The van der Waals surface area contributed by atoms with Crippen molar-refractivity contribution in [2.24, 2.45) is 0 Å². The van der Waals surface area contributed by atoms with Crippen LogP contribution < -0.4 is 5.37 Å². The molecule has 0 spiro atoms. The molecule has 0 aliphatic carbocycles. The Morgan fingerprint density at radius 3 is 1.27 bits per heavy atom. The summed E-state index contributed by atoms with van der Waals surface area (Å²) >= 11 is -1.66. The van der Waals surface area contributed by atoms with Gasteiger partial charge in [-0.15, -0.1) is 0 Å². The van der Waals surface area contributed by atoms with Crippen molar-refractivity contribution >= 4 is 25.1 Å². The predicted octanol–water partition coefficient (Wildman–Crippen LogP) is 9.26. The van der Waals surface area contributed by atoms with Crippen molar-refractivity contribution in [2.75, 3.05) is 0 Å². The summed E-state index contributed by atoms with van der Waals surface area (Å²) in [6.07, 6.45) is 21.0. The van der Waals surface area contributed by atoms with Gasteiger partial charge in [0.15, 0.2) is 0 Å². The Kier molecular flexibility index (Phi) is 16.5. The summed E-state index contributed by atoms with van der Waals surface area (Å²) in [7, 11) is 0. The average molecular weight is 646 g/mol. The molecule has 0 unspecified atom stereocenters. The molecule has 0 N–H and O–H groups in total. The van der Waals surface area contributed by atoms with Gasteiger partial charge in [-0.2, -0.15) is 0 Å². The Bertz CT molecular complexity index is 669. The fraction of sp³-hybridized carbons (Fsp3) is 0.600. The molecule has 0 amide bonds. The van der Waals surface area contributed by atoms with E-state index in [-0.39, 0.29) is 0 Å². The Morgan fingerprint density at radius 2 is 0.848 bits per heavy atom. The minimum absolute atomic E-state index is 1.05. The van der Waals surface area contributed by atoms with Gasteiger partial charge in [0, 0.05) is 0 Å². The van der Waals surface area contributed by atoms with Gasteiger partial charge >= 0.3 is 218 Å². The molecule has 33 heavy (non-hydrogen) atoms. The van der Waals surface area contributed by atoms with Crippen LogP contribution in [0.4, 0.5) is 0 Å². The van der Waals surface area contributed by atoms with Gasteiger partial charge in [0.1, 0.15) is 0 Å². The molecule has 2 rings (SSSR count). The molecule has 2 aromatic carbocycles. The average Bonchev–Trinajstić information content (AvgIpc) is 2.84. The van der Waals surface area contributed by atoms with Crippen LogP contribution in [0.2, 0.25) is 0 Å². The molecule has 0 aliphatic rings. The van der Waals surface area contributed by atoms with Crippen molar-refractivity contribution in [1.82, 2.24) is 0 Å². The second-order valence-electron chi connectivity index (χ2n) is 9.25. The maximum atomic E-state index is 6.26. The molecule has 2 aromatic rings. The van der Waals surface area contributed by atoms with Crippen LogP contribution in [-0.2, 0) is 12.8 Å². The molecule has 2 nitrogen and oxygen atoms in total. The van der Waals surface area contributed by atoms with Gasteiger partial charge in [-0.05, 0) is 0 Å². The molecule has 3 heteroatoms. The van der Waals surface area contributed by atoms with E-state index in [0.717, 1.165) is 24.3 Å². The zero-order chi connectivity index (χ0) is 23.4. The number of hydrogen-bond acceptors (Lipinski definition) is 2. The first-order valence-corrected chi connectivity index (χ1v) is 16.8. The van der Waals surface area contributed by atoms with E-state index in [2.05, 4.69) is 62.4 Å². The molecule has 0 heterocycles. The van der Waals surface area contributed by atoms with Crippen LogP contribution in [0.25, 0.3) is 0 Å². The number of unbranched alkanes of at least 4 members (excludes halogenated alkanes) is 12. The van der Waals surface area contributed by atoms with E-state index >= 15 is 0 Å². The van der Waals surface area contributed by atoms with Crippen molar-refractivity contribution < 1.29 is 5.37 Å². The molecule has 0 aromatic heterocycles. The van der Waals surface area contributed by atoms with E-state index in [1.54, 1.807) is 0 Å². The standard InChI is InChI=1S/2C15H24O.Pb/c2*1-2-3-4-5-6-7-8-11-14-12-9-10-13-15(14)16;/h2*9-10,12-13,16H,2-8,11H2,1H3;/q;;+2/p-2. The summed E-state index contributed by atoms with van der Waals surface area (Å²) in [6, 6.07) is 17.1. The van der Waals surface area contributed by atoms with Gasteiger partial charge in [0.25, 0.3) is 0 Å². The fourth-order valence-corrected chi connectivity index (χ4v) is 6.68. The van der Waals surface area contributed by atoms with Gasteiger partial charge in [0.05, 0.1) is 0 Å². The van der Waals surface area contributed by atoms with Crippen LogP contribution in [-0.4, -0.2) is 25.1 Å². The Hall–Kier alpha value is -1.04. The van der Waals surface area contributed by atoms with E-state index in [0.29, 0.717) is 0 Å². The van der Waals surface area contributed by atoms with Gasteiger partial charge < -0.3 is 0 Å². The molecular weight excluding hydrogens is 600 g/mol. The molecule has 182 valence electrons. The van der Waals surface area contributed by atoms with Crippen molar-refractivity contribution in [3.63, 3.8) is 0 Å². The maximum absolute atomic E-state index is 6.26. The SMILES string of the molecule is CCCCCCCCCc1ccccc1[O][Pb][O]c1ccccc1CCCCCCCCC. The second-order valence-corrected chi connectivity index (χ2v) is 11.5. The van der Waals surface area contributed by atoms with Gasteiger partial charge in [-0.1, -0.05) is 0 Å². The predicted molar refractivity (Wildman–Crippen MR) is 143 cm³/mol. The molecule has 0 saturated carbocycles. The minimum atomic E-state index is -1.66. The number of rotatable bonds is 20. The molecule has 0 saturated heterocycles. The van der Waals surface area contributed by atoms with Crippen LogP contribution in [0.5, 0.6) is 11.5 Å². The van der Waals surface area contributed by atoms with E-state index in [9.17, 15) is 0 Å². The van der Waals surface area contributed by atoms with Crippen LogP contribution in [0.1, 0.15) is 115 Å². The van der Waals surface area contributed by atoms with E-state index in [1.807, 2.05) is 0 Å². The summed E-state index contributed by atoms with van der Waals surface area (Å²) < 4.78 is 12.5. The van der Waals surface area contributed by atoms with E-state index in [1.165, 1.54) is 101 Å². The molecular formula is C30H46O2Pb. The molecule has 0 atom stereocenters. The fourth-order valence-electron chi connectivity index (χ4n) is 4.28. The van der Waals surface area contributed by atoms with Crippen molar-refractivity contribution in [1.29, 1.82) is 0 Å². The van der Waals surface area contributed by atoms with Gasteiger partial charge in [-0.3, -0.25) is 0 Å². The Balaban J connectivity index is 1.71. The zero-order valence-electron chi connectivity index (χ0n) is 21.2. The first kappa shape index (κ1) is 28.2. The third-order valence-corrected chi connectivity index (χ3v) is 8.71. The van der Waals surface area contributed by atoms with E-state index in [4.69, 9.17) is 5.37 Å². The Labute approximate surface area is 217 Å². The molecule has 0 fully saturated rings. The normalized spacial score (nSPS) is 11.0. The van der Waals surface area contributed by atoms with Crippen LogP contribution in [0.15, 0.2) is 48.5 Å².